The highest BCUT2D eigenvalue weighted by Crippen LogP contribution is 2.22. The van der Waals surface area contributed by atoms with Crippen LogP contribution < -0.4 is 10.1 Å². The number of methoxy groups -OCH3 is 1. The minimum Gasteiger partial charge on any atom is -0.491 e. The molecule has 1 atom stereocenters. The largest absolute Gasteiger partial charge is 0.491 e. The second-order valence-corrected chi connectivity index (χ2v) is 5.71. The van der Waals surface area contributed by atoms with Gasteiger partial charge in [0, 0.05) is 43.3 Å². The average Bonchev–Trinajstić information content (AvgIpc) is 2.81. The number of hydrogen-bond acceptors (Lipinski definition) is 3. The maximum atomic E-state index is 5.74. The van der Waals surface area contributed by atoms with E-state index in [1.165, 1.54) is 10.9 Å². The topological polar surface area (TPSA) is 35.4 Å². The average molecular weight is 290 g/mol. The highest BCUT2D eigenvalue weighted by Gasteiger charge is 2.05. The van der Waals surface area contributed by atoms with Crippen molar-refractivity contribution >= 4 is 10.9 Å². The third kappa shape index (κ3) is 4.48. The van der Waals surface area contributed by atoms with Crippen molar-refractivity contribution in [3.63, 3.8) is 0 Å². The number of benzene rings is 1. The van der Waals surface area contributed by atoms with Crippen LogP contribution in [0.15, 0.2) is 30.5 Å². The molecular formula is C17H26N2O2. The molecule has 0 spiro atoms. The number of hydrogen-bond donors (Lipinski definition) is 1. The van der Waals surface area contributed by atoms with E-state index in [4.69, 9.17) is 9.47 Å². The molecular weight excluding hydrogens is 264 g/mol. The Labute approximate surface area is 127 Å². The summed E-state index contributed by atoms with van der Waals surface area (Å²) in [6, 6.07) is 8.79. The van der Waals surface area contributed by atoms with Crippen molar-refractivity contribution in [2.24, 2.45) is 0 Å². The Hall–Kier alpha value is -1.52. The third-order valence-electron chi connectivity index (χ3n) is 3.38. The van der Waals surface area contributed by atoms with Crippen LogP contribution in [0.3, 0.4) is 0 Å². The van der Waals surface area contributed by atoms with Crippen LogP contribution in [0.4, 0.5) is 0 Å². The van der Waals surface area contributed by atoms with Gasteiger partial charge in [-0.05, 0) is 45.0 Å². The predicted octanol–water partition coefficient (Wildman–Crippen LogP) is 3.05. The summed E-state index contributed by atoms with van der Waals surface area (Å²) in [6.45, 7) is 8.83. The minimum absolute atomic E-state index is 0.205. The van der Waals surface area contributed by atoms with Gasteiger partial charge in [0.1, 0.15) is 5.75 Å². The maximum Gasteiger partial charge on any atom is 0.120 e. The molecule has 116 valence electrons. The van der Waals surface area contributed by atoms with Gasteiger partial charge in [-0.15, -0.1) is 0 Å². The van der Waals surface area contributed by atoms with E-state index in [0.717, 1.165) is 25.4 Å². The summed E-state index contributed by atoms with van der Waals surface area (Å²) in [5, 5.41) is 4.67. The van der Waals surface area contributed by atoms with E-state index in [1.807, 2.05) is 19.9 Å². The Balaban J connectivity index is 1.98. The van der Waals surface area contributed by atoms with Crippen LogP contribution in [-0.4, -0.2) is 37.0 Å². The fraction of sp³-hybridized carbons (Fsp3) is 0.529. The maximum absolute atomic E-state index is 5.74. The Morgan fingerprint density at radius 3 is 2.71 bits per heavy atom. The third-order valence-corrected chi connectivity index (χ3v) is 3.38. The van der Waals surface area contributed by atoms with Crippen LogP contribution in [0.25, 0.3) is 10.9 Å². The van der Waals surface area contributed by atoms with Crippen molar-refractivity contribution in [1.82, 2.24) is 9.88 Å². The first-order chi connectivity index (χ1) is 10.1. The molecule has 1 unspecified atom stereocenters. The molecule has 0 saturated heterocycles. The van der Waals surface area contributed by atoms with Crippen molar-refractivity contribution in [2.45, 2.75) is 39.5 Å². The van der Waals surface area contributed by atoms with E-state index >= 15 is 0 Å². The Morgan fingerprint density at radius 1 is 1.19 bits per heavy atom. The molecule has 4 nitrogen and oxygen atoms in total. The summed E-state index contributed by atoms with van der Waals surface area (Å²) in [6.07, 6.45) is 2.34. The molecule has 0 aliphatic rings. The zero-order valence-electron chi connectivity index (χ0n) is 13.4. The molecule has 0 aliphatic heterocycles. The Morgan fingerprint density at radius 2 is 2.00 bits per heavy atom. The fourth-order valence-corrected chi connectivity index (χ4v) is 2.46. The van der Waals surface area contributed by atoms with Crippen molar-refractivity contribution in [3.05, 3.63) is 30.5 Å². The van der Waals surface area contributed by atoms with Crippen molar-refractivity contribution in [3.8, 4) is 5.75 Å². The van der Waals surface area contributed by atoms with Gasteiger partial charge in [0.2, 0.25) is 0 Å². The van der Waals surface area contributed by atoms with Crippen molar-refractivity contribution in [2.75, 3.05) is 20.3 Å². The summed E-state index contributed by atoms with van der Waals surface area (Å²) in [7, 11) is 1.73. The summed E-state index contributed by atoms with van der Waals surface area (Å²) in [4.78, 5) is 0. The first kappa shape index (κ1) is 15.9. The molecule has 21 heavy (non-hydrogen) atoms. The first-order valence-electron chi connectivity index (χ1n) is 7.58. The highest BCUT2D eigenvalue weighted by atomic mass is 16.5. The molecule has 0 amide bonds. The van der Waals surface area contributed by atoms with Gasteiger partial charge in [0.15, 0.2) is 0 Å². The monoisotopic (exact) mass is 290 g/mol. The summed E-state index contributed by atoms with van der Waals surface area (Å²) >= 11 is 0. The van der Waals surface area contributed by atoms with Gasteiger partial charge in [0.05, 0.1) is 12.7 Å². The van der Waals surface area contributed by atoms with Crippen molar-refractivity contribution < 1.29 is 9.47 Å². The van der Waals surface area contributed by atoms with Gasteiger partial charge in [-0.1, -0.05) is 0 Å². The van der Waals surface area contributed by atoms with Crippen LogP contribution in [0, 0.1) is 0 Å². The molecule has 0 aliphatic carbocycles. The SMILES string of the molecule is COCC(C)NCCn1ccc2cc(OC(C)C)ccc21. The van der Waals surface area contributed by atoms with E-state index in [-0.39, 0.29) is 6.10 Å². The predicted molar refractivity (Wildman–Crippen MR) is 87.0 cm³/mol. The summed E-state index contributed by atoms with van der Waals surface area (Å²) in [5.41, 5.74) is 1.24. The normalized spacial score (nSPS) is 13.0. The molecule has 1 aromatic heterocycles. The van der Waals surface area contributed by atoms with Gasteiger partial charge in [-0.2, -0.15) is 0 Å². The van der Waals surface area contributed by atoms with Gasteiger partial charge in [-0.3, -0.25) is 0 Å². The Kier molecular flexibility index (Phi) is 5.65. The standard InChI is InChI=1S/C17H26N2O2/c1-13(2)21-16-5-6-17-15(11-16)7-9-19(17)10-8-18-14(3)12-20-4/h5-7,9,11,13-14,18H,8,10,12H2,1-4H3. The number of rotatable bonds is 8. The van der Waals surface area contributed by atoms with Crippen LogP contribution >= 0.6 is 0 Å². The first-order valence-corrected chi connectivity index (χ1v) is 7.58. The lowest BCUT2D eigenvalue weighted by Crippen LogP contribution is -2.32. The van der Waals surface area contributed by atoms with Crippen LogP contribution in [0.5, 0.6) is 5.75 Å². The zero-order chi connectivity index (χ0) is 15.2. The number of aromatic nitrogens is 1. The lowest BCUT2D eigenvalue weighted by Gasteiger charge is -2.13. The second kappa shape index (κ2) is 7.48. The van der Waals surface area contributed by atoms with E-state index in [2.05, 4.69) is 41.2 Å². The van der Waals surface area contributed by atoms with E-state index in [9.17, 15) is 0 Å². The lowest BCUT2D eigenvalue weighted by molar-refractivity contribution is 0.172. The van der Waals surface area contributed by atoms with Gasteiger partial charge < -0.3 is 19.4 Å². The molecule has 1 heterocycles. The molecule has 1 N–H and O–H groups in total. The Bertz CT molecular complexity index is 563. The molecule has 0 saturated carbocycles. The lowest BCUT2D eigenvalue weighted by atomic mass is 10.2. The molecule has 0 bridgehead atoms. The second-order valence-electron chi connectivity index (χ2n) is 5.71. The van der Waals surface area contributed by atoms with Crippen LogP contribution in [0.1, 0.15) is 20.8 Å². The fourth-order valence-electron chi connectivity index (χ4n) is 2.46. The number of ether oxygens (including phenoxy) is 2. The van der Waals surface area contributed by atoms with Gasteiger partial charge in [-0.25, -0.2) is 0 Å². The minimum atomic E-state index is 0.205. The van der Waals surface area contributed by atoms with Gasteiger partial charge in [0.25, 0.3) is 0 Å². The van der Waals surface area contributed by atoms with Gasteiger partial charge >= 0.3 is 0 Å². The summed E-state index contributed by atoms with van der Waals surface area (Å²) in [5.74, 6) is 0.932. The smallest absolute Gasteiger partial charge is 0.120 e. The molecule has 0 radical (unpaired) electrons. The molecule has 2 rings (SSSR count). The highest BCUT2D eigenvalue weighted by molar-refractivity contribution is 5.81. The van der Waals surface area contributed by atoms with E-state index < -0.39 is 0 Å². The van der Waals surface area contributed by atoms with E-state index in [1.54, 1.807) is 7.11 Å². The number of nitrogens with zero attached hydrogens (tertiary/aromatic N) is 1. The molecule has 1 aromatic carbocycles. The van der Waals surface area contributed by atoms with E-state index in [0.29, 0.717) is 6.04 Å². The quantitative estimate of drug-likeness (QED) is 0.811. The zero-order valence-corrected chi connectivity index (χ0v) is 13.4. The van der Waals surface area contributed by atoms with Crippen molar-refractivity contribution in [1.29, 1.82) is 0 Å². The molecule has 4 heteroatoms. The number of nitrogens with one attached hydrogen (secondary N) is 1. The summed E-state index contributed by atoms with van der Waals surface area (Å²) < 4.78 is 13.1. The number of fused-ring (bicyclic) bond motifs is 1. The van der Waals surface area contributed by atoms with Crippen LogP contribution in [-0.2, 0) is 11.3 Å². The van der Waals surface area contributed by atoms with Crippen LogP contribution in [0.2, 0.25) is 0 Å². The molecule has 0 fully saturated rings. The molecule has 2 aromatic rings.